The lowest BCUT2D eigenvalue weighted by molar-refractivity contribution is -0.275. The van der Waals surface area contributed by atoms with Gasteiger partial charge in [0.1, 0.15) is 6.29 Å². The van der Waals surface area contributed by atoms with Gasteiger partial charge in [0.05, 0.1) is 18.5 Å². The van der Waals surface area contributed by atoms with Gasteiger partial charge in [-0.1, -0.05) is 6.07 Å². The van der Waals surface area contributed by atoms with Gasteiger partial charge in [0.2, 0.25) is 11.8 Å². The molecule has 27 heavy (non-hydrogen) atoms. The van der Waals surface area contributed by atoms with Gasteiger partial charge in [-0.25, -0.2) is 4.39 Å². The lowest BCUT2D eigenvalue weighted by Gasteiger charge is -2.35. The normalized spacial score (nSPS) is 21.6. The minimum Gasteiger partial charge on any atom is -0.403 e. The molecule has 0 saturated carbocycles. The third kappa shape index (κ3) is 5.79. The Morgan fingerprint density at radius 3 is 2.59 bits per heavy atom. The van der Waals surface area contributed by atoms with Crippen molar-refractivity contribution in [2.24, 2.45) is 0 Å². The molecule has 1 aromatic rings. The van der Waals surface area contributed by atoms with Crippen molar-refractivity contribution in [1.29, 1.82) is 0 Å². The van der Waals surface area contributed by atoms with E-state index in [1.165, 1.54) is 6.07 Å². The van der Waals surface area contributed by atoms with E-state index in [1.54, 1.807) is 25.9 Å². The monoisotopic (exact) mass is 392 g/mol. The molecule has 0 aliphatic carbocycles. The third-order valence-corrected chi connectivity index (χ3v) is 3.92. The number of halogens is 4. The Labute approximate surface area is 153 Å². The minimum atomic E-state index is -5.00. The Kier molecular flexibility index (Phi) is 6.26. The van der Waals surface area contributed by atoms with Gasteiger partial charge in [0.15, 0.2) is 11.6 Å². The van der Waals surface area contributed by atoms with Crippen LogP contribution in [0, 0.1) is 5.82 Å². The van der Waals surface area contributed by atoms with E-state index in [0.29, 0.717) is 0 Å². The van der Waals surface area contributed by atoms with Crippen molar-refractivity contribution in [2.75, 3.05) is 14.1 Å². The highest BCUT2D eigenvalue weighted by molar-refractivity contribution is 5.89. The van der Waals surface area contributed by atoms with Crippen LogP contribution in [-0.4, -0.2) is 49.5 Å². The van der Waals surface area contributed by atoms with Crippen molar-refractivity contribution in [3.05, 3.63) is 29.6 Å². The molecule has 7 nitrogen and oxygen atoms in total. The Balaban J connectivity index is 2.03. The molecule has 3 atom stereocenters. The summed E-state index contributed by atoms with van der Waals surface area (Å²) in [6.45, 7) is 1.54. The van der Waals surface area contributed by atoms with Crippen LogP contribution in [0.5, 0.6) is 5.75 Å². The SMILES string of the molecule is C[C@@H](NC(=O)C1CC(=O)NC(N(C)C)N1)c1ccc(OC(F)(F)F)c(F)c1. The molecule has 1 aliphatic heterocycles. The van der Waals surface area contributed by atoms with Gasteiger partial charge in [-0.05, 0) is 38.7 Å². The molecular formula is C16H20F4N4O3. The Hall–Kier alpha value is -2.40. The van der Waals surface area contributed by atoms with E-state index < -0.39 is 42.2 Å². The highest BCUT2D eigenvalue weighted by atomic mass is 19.4. The van der Waals surface area contributed by atoms with E-state index in [2.05, 4.69) is 20.7 Å². The quantitative estimate of drug-likeness (QED) is 0.657. The van der Waals surface area contributed by atoms with Gasteiger partial charge in [0, 0.05) is 0 Å². The zero-order valence-corrected chi connectivity index (χ0v) is 14.9. The smallest absolute Gasteiger partial charge is 0.403 e. The number of ether oxygens (including phenoxy) is 1. The van der Waals surface area contributed by atoms with Gasteiger partial charge < -0.3 is 15.4 Å². The van der Waals surface area contributed by atoms with Gasteiger partial charge in [-0.15, -0.1) is 13.2 Å². The van der Waals surface area contributed by atoms with E-state index >= 15 is 0 Å². The zero-order valence-electron chi connectivity index (χ0n) is 14.9. The first-order valence-corrected chi connectivity index (χ1v) is 8.03. The fraction of sp³-hybridized carbons (Fsp3) is 0.500. The molecule has 1 aliphatic rings. The number of alkyl halides is 3. The molecule has 1 heterocycles. The molecule has 0 spiro atoms. The molecule has 1 aromatic carbocycles. The molecule has 2 rings (SSSR count). The van der Waals surface area contributed by atoms with E-state index in [9.17, 15) is 27.2 Å². The fourth-order valence-electron chi connectivity index (χ4n) is 2.53. The fourth-order valence-corrected chi connectivity index (χ4v) is 2.53. The molecule has 3 N–H and O–H groups in total. The number of carbonyl (C=O) groups is 2. The van der Waals surface area contributed by atoms with Crippen LogP contribution in [0.2, 0.25) is 0 Å². The van der Waals surface area contributed by atoms with E-state index in [0.717, 1.165) is 12.1 Å². The molecule has 0 bridgehead atoms. The van der Waals surface area contributed by atoms with Gasteiger partial charge in [-0.2, -0.15) is 0 Å². The Morgan fingerprint density at radius 2 is 2.04 bits per heavy atom. The van der Waals surface area contributed by atoms with E-state index in [-0.39, 0.29) is 17.9 Å². The second kappa shape index (κ2) is 8.09. The molecule has 1 saturated heterocycles. The molecule has 11 heteroatoms. The van der Waals surface area contributed by atoms with E-state index in [1.807, 2.05) is 0 Å². The summed E-state index contributed by atoms with van der Waals surface area (Å²) in [5.74, 6) is -2.95. The summed E-state index contributed by atoms with van der Waals surface area (Å²) in [5.41, 5.74) is 0.250. The molecule has 1 fully saturated rings. The lowest BCUT2D eigenvalue weighted by Crippen LogP contribution is -2.65. The van der Waals surface area contributed by atoms with Crippen molar-refractivity contribution in [3.63, 3.8) is 0 Å². The predicted octanol–water partition coefficient (Wildman–Crippen LogP) is 1.22. The molecule has 0 radical (unpaired) electrons. The first-order valence-electron chi connectivity index (χ1n) is 8.03. The van der Waals surface area contributed by atoms with Gasteiger partial charge in [-0.3, -0.25) is 19.8 Å². The summed E-state index contributed by atoms with van der Waals surface area (Å²) in [5, 5.41) is 8.22. The first kappa shape index (κ1) is 20.9. The summed E-state index contributed by atoms with van der Waals surface area (Å²) in [4.78, 5) is 25.8. The van der Waals surface area contributed by atoms with Crippen molar-refractivity contribution in [2.45, 2.75) is 38.1 Å². The number of benzene rings is 1. The molecule has 150 valence electrons. The first-order chi connectivity index (χ1) is 12.5. The van der Waals surface area contributed by atoms with E-state index in [4.69, 9.17) is 0 Å². The topological polar surface area (TPSA) is 82.7 Å². The standard InChI is InChI=1S/C16H20F4N4O3/c1-8(9-4-5-12(10(17)6-9)27-16(18,19)20)21-14(26)11-7-13(25)23-15(22-11)24(2)3/h4-6,8,11,15,22H,7H2,1-3H3,(H,21,26)(H,23,25)/t8-,11?,15?/m1/s1. The number of hydrogen-bond acceptors (Lipinski definition) is 5. The predicted molar refractivity (Wildman–Crippen MR) is 86.8 cm³/mol. The zero-order chi connectivity index (χ0) is 20.4. The molecule has 2 unspecified atom stereocenters. The molecule has 2 amide bonds. The second-order valence-corrected chi connectivity index (χ2v) is 6.32. The summed E-state index contributed by atoms with van der Waals surface area (Å²) in [7, 11) is 3.43. The second-order valence-electron chi connectivity index (χ2n) is 6.32. The average Bonchev–Trinajstić information content (AvgIpc) is 2.54. The highest BCUT2D eigenvalue weighted by Gasteiger charge is 2.33. The van der Waals surface area contributed by atoms with Crippen molar-refractivity contribution in [3.8, 4) is 5.75 Å². The van der Waals surface area contributed by atoms with Gasteiger partial charge >= 0.3 is 6.36 Å². The number of rotatable bonds is 5. The van der Waals surface area contributed by atoms with Crippen LogP contribution in [0.3, 0.4) is 0 Å². The van der Waals surface area contributed by atoms with Gasteiger partial charge in [0.25, 0.3) is 0 Å². The lowest BCUT2D eigenvalue weighted by atomic mass is 10.1. The summed E-state index contributed by atoms with van der Waals surface area (Å²) < 4.78 is 54.0. The average molecular weight is 392 g/mol. The summed E-state index contributed by atoms with van der Waals surface area (Å²) >= 11 is 0. The maximum absolute atomic E-state index is 13.8. The number of nitrogens with one attached hydrogen (secondary N) is 3. The summed E-state index contributed by atoms with van der Waals surface area (Å²) in [6.07, 6.45) is -5.60. The minimum absolute atomic E-state index is 0.0738. The maximum atomic E-state index is 13.8. The van der Waals surface area contributed by atoms with Crippen LogP contribution in [0.15, 0.2) is 18.2 Å². The highest BCUT2D eigenvalue weighted by Crippen LogP contribution is 2.27. The van der Waals surface area contributed by atoms with Crippen LogP contribution < -0.4 is 20.7 Å². The molecule has 0 aromatic heterocycles. The maximum Gasteiger partial charge on any atom is 0.573 e. The largest absolute Gasteiger partial charge is 0.573 e. The number of amides is 2. The number of nitrogens with zero attached hydrogens (tertiary/aromatic N) is 1. The third-order valence-electron chi connectivity index (χ3n) is 3.92. The number of hydrogen-bond donors (Lipinski definition) is 3. The van der Waals surface area contributed by atoms with Crippen LogP contribution in [0.4, 0.5) is 17.6 Å². The van der Waals surface area contributed by atoms with Crippen molar-refractivity contribution in [1.82, 2.24) is 20.9 Å². The van der Waals surface area contributed by atoms with Crippen LogP contribution in [0.1, 0.15) is 24.9 Å². The van der Waals surface area contributed by atoms with Crippen molar-refractivity contribution < 1.29 is 31.9 Å². The Morgan fingerprint density at radius 1 is 1.37 bits per heavy atom. The number of carbonyl (C=O) groups excluding carboxylic acids is 2. The van der Waals surface area contributed by atoms with Crippen LogP contribution in [0.25, 0.3) is 0 Å². The van der Waals surface area contributed by atoms with Crippen LogP contribution in [-0.2, 0) is 9.59 Å². The molecular weight excluding hydrogens is 372 g/mol. The van der Waals surface area contributed by atoms with Crippen molar-refractivity contribution >= 4 is 11.8 Å². The Bertz CT molecular complexity index is 711. The summed E-state index contributed by atoms with van der Waals surface area (Å²) in [6, 6.07) is 1.42. The van der Waals surface area contributed by atoms with Crippen LogP contribution >= 0.6 is 0 Å².